The first kappa shape index (κ1) is 16.8. The van der Waals surface area contributed by atoms with Crippen LogP contribution in [0.15, 0.2) is 46.6 Å². The van der Waals surface area contributed by atoms with Crippen LogP contribution >= 0.6 is 35.0 Å². The normalized spacial score (nSPS) is 10.6. The first-order chi connectivity index (χ1) is 11.6. The van der Waals surface area contributed by atoms with Gasteiger partial charge in [-0.3, -0.25) is 0 Å². The molecule has 0 unspecified atom stereocenters. The number of pyridine rings is 1. The van der Waals surface area contributed by atoms with Gasteiger partial charge in [-0.15, -0.1) is 10.2 Å². The summed E-state index contributed by atoms with van der Waals surface area (Å²) >= 11 is 13.3. The van der Waals surface area contributed by atoms with Crippen LogP contribution in [-0.2, 0) is 6.54 Å². The Labute approximate surface area is 153 Å². The molecule has 2 aromatic heterocycles. The third kappa shape index (κ3) is 3.39. The molecule has 0 aliphatic carbocycles. The van der Waals surface area contributed by atoms with Gasteiger partial charge in [-0.2, -0.15) is 5.26 Å². The highest BCUT2D eigenvalue weighted by molar-refractivity contribution is 7.99. The molecular weight excluding hydrogens is 365 g/mol. The van der Waals surface area contributed by atoms with Crippen molar-refractivity contribution >= 4 is 35.0 Å². The molecule has 3 rings (SSSR count). The molecule has 120 valence electrons. The molecule has 0 aliphatic rings. The van der Waals surface area contributed by atoms with Crippen molar-refractivity contribution in [2.24, 2.45) is 0 Å². The zero-order chi connectivity index (χ0) is 17.1. The summed E-state index contributed by atoms with van der Waals surface area (Å²) in [5.74, 6) is 0.733. The van der Waals surface area contributed by atoms with Crippen molar-refractivity contribution < 1.29 is 0 Å². The first-order valence-electron chi connectivity index (χ1n) is 7.06. The molecule has 0 radical (unpaired) electrons. The molecule has 3 aromatic rings. The minimum Gasteiger partial charge on any atom is -0.302 e. The fraction of sp³-hybridized carbons (Fsp3) is 0.125. The molecule has 8 heteroatoms. The van der Waals surface area contributed by atoms with Gasteiger partial charge in [0.2, 0.25) is 0 Å². The molecule has 0 spiro atoms. The van der Waals surface area contributed by atoms with Crippen LogP contribution in [0.1, 0.15) is 12.6 Å². The van der Waals surface area contributed by atoms with Crippen molar-refractivity contribution in [1.29, 1.82) is 5.26 Å². The summed E-state index contributed by atoms with van der Waals surface area (Å²) in [5, 5.41) is 19.8. The lowest BCUT2D eigenvalue weighted by molar-refractivity contribution is 0.686. The van der Waals surface area contributed by atoms with Gasteiger partial charge in [0.1, 0.15) is 11.1 Å². The van der Waals surface area contributed by atoms with E-state index in [9.17, 15) is 0 Å². The minimum atomic E-state index is 0.194. The Bertz CT molecular complexity index is 932. The third-order valence-corrected chi connectivity index (χ3v) is 4.70. The number of hydrogen-bond donors (Lipinski definition) is 0. The molecule has 0 N–H and O–H groups in total. The van der Waals surface area contributed by atoms with Crippen LogP contribution in [0.5, 0.6) is 0 Å². The van der Waals surface area contributed by atoms with Gasteiger partial charge in [0.15, 0.2) is 16.7 Å². The Morgan fingerprint density at radius 3 is 2.75 bits per heavy atom. The maximum atomic E-state index is 9.04. The molecule has 0 atom stereocenters. The predicted molar refractivity (Wildman–Crippen MR) is 94.2 cm³/mol. The van der Waals surface area contributed by atoms with E-state index in [2.05, 4.69) is 15.2 Å². The minimum absolute atomic E-state index is 0.194. The second kappa shape index (κ2) is 7.22. The quantitative estimate of drug-likeness (QED) is 0.661. The Morgan fingerprint density at radius 1 is 1.21 bits per heavy atom. The van der Waals surface area contributed by atoms with E-state index in [0.29, 0.717) is 26.8 Å². The van der Waals surface area contributed by atoms with Crippen molar-refractivity contribution in [2.45, 2.75) is 23.7 Å². The molecule has 0 aliphatic heterocycles. The van der Waals surface area contributed by atoms with Gasteiger partial charge in [-0.05, 0) is 43.0 Å². The van der Waals surface area contributed by atoms with Gasteiger partial charge in [0, 0.05) is 17.1 Å². The molecule has 0 saturated carbocycles. The smallest absolute Gasteiger partial charge is 0.197 e. The average Bonchev–Trinajstić information content (AvgIpc) is 2.99. The lowest BCUT2D eigenvalue weighted by Gasteiger charge is -2.07. The Hall–Kier alpha value is -2.07. The van der Waals surface area contributed by atoms with Crippen molar-refractivity contribution in [3.8, 4) is 17.5 Å². The van der Waals surface area contributed by atoms with E-state index in [1.54, 1.807) is 12.1 Å². The number of aromatic nitrogens is 4. The lowest BCUT2D eigenvalue weighted by atomic mass is 10.2. The molecule has 24 heavy (non-hydrogen) atoms. The predicted octanol–water partition coefficient (Wildman–Crippen LogP) is 4.69. The lowest BCUT2D eigenvalue weighted by Crippen LogP contribution is -2.00. The topological polar surface area (TPSA) is 67.4 Å². The number of benzene rings is 1. The van der Waals surface area contributed by atoms with Crippen LogP contribution < -0.4 is 0 Å². The maximum absolute atomic E-state index is 9.04. The summed E-state index contributed by atoms with van der Waals surface area (Å²) in [4.78, 5) is 4.23. The Kier molecular flexibility index (Phi) is 5.05. The van der Waals surface area contributed by atoms with Crippen molar-refractivity contribution in [1.82, 2.24) is 19.7 Å². The highest BCUT2D eigenvalue weighted by Crippen LogP contribution is 2.30. The summed E-state index contributed by atoms with van der Waals surface area (Å²) in [5.41, 5.74) is 1.09. The maximum Gasteiger partial charge on any atom is 0.197 e. The average molecular weight is 376 g/mol. The van der Waals surface area contributed by atoms with Crippen LogP contribution in [0.3, 0.4) is 0 Å². The Morgan fingerprint density at radius 2 is 2.04 bits per heavy atom. The van der Waals surface area contributed by atoms with E-state index >= 15 is 0 Å². The van der Waals surface area contributed by atoms with E-state index < -0.39 is 0 Å². The van der Waals surface area contributed by atoms with Gasteiger partial charge in [-0.25, -0.2) is 4.98 Å². The molecule has 0 fully saturated rings. The van der Waals surface area contributed by atoms with Gasteiger partial charge in [0.25, 0.3) is 0 Å². The highest BCUT2D eigenvalue weighted by Gasteiger charge is 2.15. The third-order valence-electron chi connectivity index (χ3n) is 3.24. The number of hydrogen-bond acceptors (Lipinski definition) is 5. The number of nitriles is 1. The van der Waals surface area contributed by atoms with Crippen molar-refractivity contribution in [2.75, 3.05) is 0 Å². The van der Waals surface area contributed by atoms with E-state index in [0.717, 1.165) is 11.4 Å². The van der Waals surface area contributed by atoms with E-state index in [-0.39, 0.29) is 5.69 Å². The fourth-order valence-corrected chi connectivity index (χ4v) is 3.35. The van der Waals surface area contributed by atoms with Crippen LogP contribution in [0.2, 0.25) is 10.0 Å². The number of nitrogens with zero attached hydrogens (tertiary/aromatic N) is 5. The van der Waals surface area contributed by atoms with Gasteiger partial charge in [0.05, 0.1) is 5.02 Å². The van der Waals surface area contributed by atoms with Crippen molar-refractivity contribution in [3.63, 3.8) is 0 Å². The second-order valence-electron chi connectivity index (χ2n) is 4.75. The van der Waals surface area contributed by atoms with E-state index in [4.69, 9.17) is 28.5 Å². The molecule has 1 aromatic carbocycles. The fourth-order valence-electron chi connectivity index (χ4n) is 2.14. The number of halogens is 2. The molecule has 5 nitrogen and oxygen atoms in total. The summed E-state index contributed by atoms with van der Waals surface area (Å²) in [7, 11) is 0. The van der Waals surface area contributed by atoms with Gasteiger partial charge >= 0.3 is 0 Å². The molecule has 0 saturated heterocycles. The summed E-state index contributed by atoms with van der Waals surface area (Å²) < 4.78 is 1.97. The van der Waals surface area contributed by atoms with E-state index in [1.165, 1.54) is 11.8 Å². The monoisotopic (exact) mass is 375 g/mol. The highest BCUT2D eigenvalue weighted by atomic mass is 35.5. The largest absolute Gasteiger partial charge is 0.302 e. The van der Waals surface area contributed by atoms with E-state index in [1.807, 2.05) is 41.8 Å². The van der Waals surface area contributed by atoms with Crippen LogP contribution in [0.4, 0.5) is 0 Å². The van der Waals surface area contributed by atoms with Crippen molar-refractivity contribution in [3.05, 3.63) is 52.1 Å². The van der Waals surface area contributed by atoms with Crippen LogP contribution in [0.25, 0.3) is 11.4 Å². The molecule has 0 amide bonds. The van der Waals surface area contributed by atoms with Gasteiger partial charge < -0.3 is 4.57 Å². The second-order valence-corrected chi connectivity index (χ2v) is 6.59. The number of rotatable bonds is 4. The standard InChI is InChI=1S/C16H11Cl2N5S/c1-2-23-15(10-4-3-5-11(17)8-10)21-22-16(23)24-14-7-6-12(18)13(9-19)20-14/h3-8H,2H2,1H3. The van der Waals surface area contributed by atoms with Crippen LogP contribution in [0, 0.1) is 11.3 Å². The molecule has 0 bridgehead atoms. The van der Waals surface area contributed by atoms with Gasteiger partial charge in [-0.1, -0.05) is 35.3 Å². The Balaban J connectivity index is 1.97. The SMILES string of the molecule is CCn1c(Sc2ccc(Cl)c(C#N)n2)nnc1-c1cccc(Cl)c1. The molecular formula is C16H11Cl2N5S. The zero-order valence-electron chi connectivity index (χ0n) is 12.6. The summed E-state index contributed by atoms with van der Waals surface area (Å²) in [6.07, 6.45) is 0. The van der Waals surface area contributed by atoms with Crippen LogP contribution in [-0.4, -0.2) is 19.7 Å². The summed E-state index contributed by atoms with van der Waals surface area (Å²) in [6, 6.07) is 12.8. The summed E-state index contributed by atoms with van der Waals surface area (Å²) in [6.45, 7) is 2.70. The molecule has 2 heterocycles. The first-order valence-corrected chi connectivity index (χ1v) is 8.63. The zero-order valence-corrected chi connectivity index (χ0v) is 14.9.